The fraction of sp³-hybridized carbons (Fsp3) is 0.500. The first-order chi connectivity index (χ1) is 6.74. The van der Waals surface area contributed by atoms with E-state index in [1.807, 2.05) is 13.0 Å². The molecule has 1 heterocycles. The average Bonchev–Trinajstić information content (AvgIpc) is 2.64. The Morgan fingerprint density at radius 2 is 2.50 bits per heavy atom. The molecule has 0 saturated heterocycles. The van der Waals surface area contributed by atoms with Crippen LogP contribution in [0.3, 0.4) is 0 Å². The highest BCUT2D eigenvalue weighted by atomic mass is 16.4. The van der Waals surface area contributed by atoms with Crippen LogP contribution in [0.15, 0.2) is 22.8 Å². The van der Waals surface area contributed by atoms with Crippen molar-refractivity contribution in [2.45, 2.75) is 32.4 Å². The monoisotopic (exact) mass is 197 g/mol. The van der Waals surface area contributed by atoms with Crippen LogP contribution in [0.4, 0.5) is 0 Å². The Kier molecular flexibility index (Phi) is 4.19. The number of carbonyl (C=O) groups is 1. The number of aliphatic carboxylic acids is 1. The summed E-state index contributed by atoms with van der Waals surface area (Å²) >= 11 is 0. The highest BCUT2D eigenvalue weighted by molar-refractivity contribution is 5.73. The van der Waals surface area contributed by atoms with Gasteiger partial charge in [-0.05, 0) is 18.6 Å². The lowest BCUT2D eigenvalue weighted by atomic mass is 10.1. The summed E-state index contributed by atoms with van der Waals surface area (Å²) in [5.74, 6) is -0.0502. The third kappa shape index (κ3) is 3.22. The summed E-state index contributed by atoms with van der Waals surface area (Å²) in [6.45, 7) is 2.43. The van der Waals surface area contributed by atoms with Crippen molar-refractivity contribution in [3.63, 3.8) is 0 Å². The van der Waals surface area contributed by atoms with Crippen LogP contribution in [-0.4, -0.2) is 17.1 Å². The van der Waals surface area contributed by atoms with E-state index in [9.17, 15) is 4.79 Å². The number of furan rings is 1. The van der Waals surface area contributed by atoms with Crippen molar-refractivity contribution in [2.24, 2.45) is 0 Å². The van der Waals surface area contributed by atoms with Crippen LogP contribution in [0.5, 0.6) is 0 Å². The SMILES string of the molecule is CCC[C@H](NCc1ccco1)C(=O)O. The zero-order valence-electron chi connectivity index (χ0n) is 8.19. The molecular weight excluding hydrogens is 182 g/mol. The molecule has 0 fully saturated rings. The van der Waals surface area contributed by atoms with E-state index >= 15 is 0 Å². The fourth-order valence-corrected chi connectivity index (χ4v) is 1.24. The average molecular weight is 197 g/mol. The molecule has 0 aromatic carbocycles. The number of carboxylic acid groups (broad SMARTS) is 1. The molecule has 0 aliphatic rings. The van der Waals surface area contributed by atoms with E-state index in [1.54, 1.807) is 12.3 Å². The summed E-state index contributed by atoms with van der Waals surface area (Å²) < 4.78 is 5.09. The molecule has 1 atom stereocenters. The molecule has 1 aromatic rings. The molecule has 0 aliphatic carbocycles. The number of hydrogen-bond acceptors (Lipinski definition) is 3. The molecule has 4 nitrogen and oxygen atoms in total. The molecule has 0 unspecified atom stereocenters. The number of rotatable bonds is 6. The second-order valence-corrected chi connectivity index (χ2v) is 3.14. The number of hydrogen-bond donors (Lipinski definition) is 2. The molecule has 0 bridgehead atoms. The van der Waals surface area contributed by atoms with Gasteiger partial charge in [-0.15, -0.1) is 0 Å². The molecule has 0 radical (unpaired) electrons. The second kappa shape index (κ2) is 5.44. The third-order valence-corrected chi connectivity index (χ3v) is 1.98. The normalized spacial score (nSPS) is 12.6. The summed E-state index contributed by atoms with van der Waals surface area (Å²) in [4.78, 5) is 10.8. The molecule has 0 spiro atoms. The Bertz CT molecular complexity index is 269. The Balaban J connectivity index is 2.37. The van der Waals surface area contributed by atoms with E-state index in [-0.39, 0.29) is 0 Å². The van der Waals surface area contributed by atoms with E-state index in [0.717, 1.165) is 12.2 Å². The first kappa shape index (κ1) is 10.8. The molecule has 0 amide bonds. The standard InChI is InChI=1S/C10H15NO3/c1-2-4-9(10(12)13)11-7-8-5-3-6-14-8/h3,5-6,9,11H,2,4,7H2,1H3,(H,12,13)/t9-/m0/s1. The molecule has 4 heteroatoms. The van der Waals surface area contributed by atoms with E-state index in [4.69, 9.17) is 9.52 Å². The minimum Gasteiger partial charge on any atom is -0.480 e. The number of carboxylic acids is 1. The van der Waals surface area contributed by atoms with Crippen molar-refractivity contribution >= 4 is 5.97 Å². The molecule has 14 heavy (non-hydrogen) atoms. The maximum absolute atomic E-state index is 10.8. The predicted molar refractivity (Wildman–Crippen MR) is 51.9 cm³/mol. The van der Waals surface area contributed by atoms with Crippen molar-refractivity contribution in [2.75, 3.05) is 0 Å². The van der Waals surface area contributed by atoms with E-state index in [0.29, 0.717) is 13.0 Å². The van der Waals surface area contributed by atoms with Crippen LogP contribution in [0.2, 0.25) is 0 Å². The molecule has 2 N–H and O–H groups in total. The Hall–Kier alpha value is -1.29. The van der Waals surface area contributed by atoms with Crippen molar-refractivity contribution < 1.29 is 14.3 Å². The van der Waals surface area contributed by atoms with Gasteiger partial charge in [0.15, 0.2) is 0 Å². The lowest BCUT2D eigenvalue weighted by molar-refractivity contribution is -0.139. The van der Waals surface area contributed by atoms with Crippen LogP contribution >= 0.6 is 0 Å². The van der Waals surface area contributed by atoms with Gasteiger partial charge in [-0.25, -0.2) is 0 Å². The minimum absolute atomic E-state index is 0.462. The van der Waals surface area contributed by atoms with Gasteiger partial charge in [-0.1, -0.05) is 13.3 Å². The molecule has 1 aromatic heterocycles. The van der Waals surface area contributed by atoms with Crippen LogP contribution in [0.25, 0.3) is 0 Å². The summed E-state index contributed by atoms with van der Waals surface area (Å²) in [7, 11) is 0. The van der Waals surface area contributed by atoms with Crippen molar-refractivity contribution in [1.29, 1.82) is 0 Å². The van der Waals surface area contributed by atoms with Crippen LogP contribution < -0.4 is 5.32 Å². The summed E-state index contributed by atoms with van der Waals surface area (Å²) in [5, 5.41) is 11.8. The van der Waals surface area contributed by atoms with Crippen molar-refractivity contribution in [3.05, 3.63) is 24.2 Å². The predicted octanol–water partition coefficient (Wildman–Crippen LogP) is 1.62. The topological polar surface area (TPSA) is 62.5 Å². The van der Waals surface area contributed by atoms with Gasteiger partial charge in [0.2, 0.25) is 0 Å². The Morgan fingerprint density at radius 1 is 1.71 bits per heavy atom. The van der Waals surface area contributed by atoms with Gasteiger partial charge in [-0.3, -0.25) is 10.1 Å². The van der Waals surface area contributed by atoms with Crippen LogP contribution in [-0.2, 0) is 11.3 Å². The lowest BCUT2D eigenvalue weighted by Gasteiger charge is -2.11. The zero-order valence-corrected chi connectivity index (χ0v) is 8.19. The van der Waals surface area contributed by atoms with Gasteiger partial charge in [0, 0.05) is 0 Å². The summed E-state index contributed by atoms with van der Waals surface area (Å²) in [6.07, 6.45) is 3.06. The van der Waals surface area contributed by atoms with Gasteiger partial charge in [0.05, 0.1) is 12.8 Å². The first-order valence-corrected chi connectivity index (χ1v) is 4.72. The Morgan fingerprint density at radius 3 is 3.00 bits per heavy atom. The first-order valence-electron chi connectivity index (χ1n) is 4.72. The fourth-order valence-electron chi connectivity index (χ4n) is 1.24. The maximum atomic E-state index is 10.8. The highest BCUT2D eigenvalue weighted by Crippen LogP contribution is 2.02. The highest BCUT2D eigenvalue weighted by Gasteiger charge is 2.15. The van der Waals surface area contributed by atoms with E-state index in [2.05, 4.69) is 5.32 Å². The minimum atomic E-state index is -0.807. The zero-order chi connectivity index (χ0) is 10.4. The van der Waals surface area contributed by atoms with Crippen LogP contribution in [0.1, 0.15) is 25.5 Å². The molecular formula is C10H15NO3. The Labute approximate surface area is 82.9 Å². The third-order valence-electron chi connectivity index (χ3n) is 1.98. The molecule has 0 saturated carbocycles. The van der Waals surface area contributed by atoms with Crippen LogP contribution in [0, 0.1) is 0 Å². The van der Waals surface area contributed by atoms with Gasteiger partial charge in [0.1, 0.15) is 11.8 Å². The maximum Gasteiger partial charge on any atom is 0.320 e. The van der Waals surface area contributed by atoms with Gasteiger partial charge < -0.3 is 9.52 Å². The second-order valence-electron chi connectivity index (χ2n) is 3.14. The van der Waals surface area contributed by atoms with E-state index in [1.165, 1.54) is 0 Å². The summed E-state index contributed by atoms with van der Waals surface area (Å²) in [6, 6.07) is 3.12. The molecule has 0 aliphatic heterocycles. The number of nitrogens with one attached hydrogen (secondary N) is 1. The van der Waals surface area contributed by atoms with Gasteiger partial charge in [-0.2, -0.15) is 0 Å². The molecule has 1 rings (SSSR count). The molecule has 78 valence electrons. The quantitative estimate of drug-likeness (QED) is 0.727. The van der Waals surface area contributed by atoms with E-state index < -0.39 is 12.0 Å². The summed E-state index contributed by atoms with van der Waals surface area (Å²) in [5.41, 5.74) is 0. The van der Waals surface area contributed by atoms with Gasteiger partial charge in [0.25, 0.3) is 0 Å². The van der Waals surface area contributed by atoms with Crippen molar-refractivity contribution in [1.82, 2.24) is 5.32 Å². The smallest absolute Gasteiger partial charge is 0.320 e. The van der Waals surface area contributed by atoms with Crippen molar-refractivity contribution in [3.8, 4) is 0 Å². The lowest BCUT2D eigenvalue weighted by Crippen LogP contribution is -2.35. The van der Waals surface area contributed by atoms with Gasteiger partial charge >= 0.3 is 5.97 Å². The largest absolute Gasteiger partial charge is 0.480 e.